The number of ether oxygens (including phenoxy) is 1. The van der Waals surface area contributed by atoms with Crippen LogP contribution in [0.15, 0.2) is 48.5 Å². The molecular weight excluding hydrogens is 280 g/mol. The lowest BCUT2D eigenvalue weighted by Gasteiger charge is -2.09. The molecule has 0 heterocycles. The standard InChI is InChI=1S/C17H16N2O3/c18-10-13-1-3-14(4-2-13)11-22-15-7-5-12(6-8-15)9-16(19)17(20)21/h1-8,16H,9,11,19H2,(H,20,21)/t16-/m0/s1. The number of carboxylic acid groups (broad SMARTS) is 1. The third-order valence-corrected chi connectivity index (χ3v) is 3.18. The van der Waals surface area contributed by atoms with Crippen LogP contribution in [0.4, 0.5) is 0 Å². The summed E-state index contributed by atoms with van der Waals surface area (Å²) in [6, 6.07) is 15.5. The number of hydrogen-bond donors (Lipinski definition) is 2. The lowest BCUT2D eigenvalue weighted by Crippen LogP contribution is -2.32. The van der Waals surface area contributed by atoms with Gasteiger partial charge in [-0.25, -0.2) is 0 Å². The second-order valence-electron chi connectivity index (χ2n) is 4.89. The minimum absolute atomic E-state index is 0.283. The van der Waals surface area contributed by atoms with Gasteiger partial charge in [-0.1, -0.05) is 24.3 Å². The molecule has 0 saturated heterocycles. The lowest BCUT2D eigenvalue weighted by molar-refractivity contribution is -0.138. The maximum absolute atomic E-state index is 10.7. The Morgan fingerprint density at radius 2 is 1.73 bits per heavy atom. The quantitative estimate of drug-likeness (QED) is 0.850. The van der Waals surface area contributed by atoms with Crippen molar-refractivity contribution in [2.24, 2.45) is 5.73 Å². The first kappa shape index (κ1) is 15.5. The van der Waals surface area contributed by atoms with Crippen LogP contribution in [-0.4, -0.2) is 17.1 Å². The van der Waals surface area contributed by atoms with Crippen LogP contribution in [0.3, 0.4) is 0 Å². The predicted octanol–water partition coefficient (Wildman–Crippen LogP) is 2.09. The highest BCUT2D eigenvalue weighted by Crippen LogP contribution is 2.15. The Hall–Kier alpha value is -2.84. The molecule has 0 aromatic heterocycles. The van der Waals surface area contributed by atoms with E-state index in [1.54, 1.807) is 36.4 Å². The van der Waals surface area contributed by atoms with Crippen LogP contribution in [0.1, 0.15) is 16.7 Å². The van der Waals surface area contributed by atoms with Crippen molar-refractivity contribution in [3.63, 3.8) is 0 Å². The van der Waals surface area contributed by atoms with Gasteiger partial charge in [0.1, 0.15) is 18.4 Å². The summed E-state index contributed by atoms with van der Waals surface area (Å²) in [6.07, 6.45) is 0.283. The number of hydrogen-bond acceptors (Lipinski definition) is 4. The van der Waals surface area contributed by atoms with Gasteiger partial charge in [0.25, 0.3) is 0 Å². The average Bonchev–Trinajstić information content (AvgIpc) is 2.54. The van der Waals surface area contributed by atoms with Gasteiger partial charge in [0.15, 0.2) is 0 Å². The van der Waals surface area contributed by atoms with Crippen molar-refractivity contribution < 1.29 is 14.6 Å². The third kappa shape index (κ3) is 4.33. The van der Waals surface area contributed by atoms with E-state index in [2.05, 4.69) is 6.07 Å². The summed E-state index contributed by atoms with van der Waals surface area (Å²) in [5.41, 5.74) is 7.92. The van der Waals surface area contributed by atoms with Gasteiger partial charge in [0.05, 0.1) is 11.6 Å². The predicted molar refractivity (Wildman–Crippen MR) is 81.2 cm³/mol. The van der Waals surface area contributed by atoms with Crippen molar-refractivity contribution in [2.75, 3.05) is 0 Å². The van der Waals surface area contributed by atoms with E-state index in [4.69, 9.17) is 20.8 Å². The summed E-state index contributed by atoms with van der Waals surface area (Å²) in [6.45, 7) is 0.402. The smallest absolute Gasteiger partial charge is 0.320 e. The Labute approximate surface area is 128 Å². The molecule has 0 bridgehead atoms. The SMILES string of the molecule is N#Cc1ccc(COc2ccc(C[C@H](N)C(=O)O)cc2)cc1. The molecule has 0 spiro atoms. The Morgan fingerprint density at radius 3 is 2.27 bits per heavy atom. The fraction of sp³-hybridized carbons (Fsp3) is 0.176. The van der Waals surface area contributed by atoms with Crippen LogP contribution >= 0.6 is 0 Å². The highest BCUT2D eigenvalue weighted by molar-refractivity contribution is 5.73. The van der Waals surface area contributed by atoms with E-state index in [0.717, 1.165) is 11.1 Å². The summed E-state index contributed by atoms with van der Waals surface area (Å²) in [5.74, 6) is -0.321. The number of carbonyl (C=O) groups is 1. The first-order valence-corrected chi connectivity index (χ1v) is 6.77. The molecular formula is C17H16N2O3. The van der Waals surface area contributed by atoms with E-state index in [1.807, 2.05) is 12.1 Å². The van der Waals surface area contributed by atoms with Crippen molar-refractivity contribution in [1.82, 2.24) is 0 Å². The Morgan fingerprint density at radius 1 is 1.14 bits per heavy atom. The molecule has 3 N–H and O–H groups in total. The average molecular weight is 296 g/mol. The summed E-state index contributed by atoms with van der Waals surface area (Å²) < 4.78 is 5.64. The Kier molecular flexibility index (Phi) is 5.12. The van der Waals surface area contributed by atoms with Crippen molar-refractivity contribution >= 4 is 5.97 Å². The molecule has 0 amide bonds. The third-order valence-electron chi connectivity index (χ3n) is 3.18. The van der Waals surface area contributed by atoms with E-state index < -0.39 is 12.0 Å². The van der Waals surface area contributed by atoms with Crippen molar-refractivity contribution in [2.45, 2.75) is 19.1 Å². The van der Waals surface area contributed by atoms with Gasteiger partial charge >= 0.3 is 5.97 Å². The van der Waals surface area contributed by atoms with Crippen LogP contribution < -0.4 is 10.5 Å². The zero-order valence-electron chi connectivity index (χ0n) is 11.9. The summed E-state index contributed by atoms with van der Waals surface area (Å²) >= 11 is 0. The molecule has 112 valence electrons. The molecule has 22 heavy (non-hydrogen) atoms. The molecule has 0 fully saturated rings. The largest absolute Gasteiger partial charge is 0.489 e. The second kappa shape index (κ2) is 7.25. The number of nitriles is 1. The molecule has 2 aromatic rings. The first-order chi connectivity index (χ1) is 10.6. The molecule has 0 saturated carbocycles. The van der Waals surface area contributed by atoms with E-state index in [1.165, 1.54) is 0 Å². The molecule has 0 aliphatic heterocycles. The molecule has 0 radical (unpaired) electrons. The molecule has 0 aliphatic rings. The highest BCUT2D eigenvalue weighted by atomic mass is 16.5. The van der Waals surface area contributed by atoms with Gasteiger partial charge in [0.2, 0.25) is 0 Å². The highest BCUT2D eigenvalue weighted by Gasteiger charge is 2.11. The van der Waals surface area contributed by atoms with Gasteiger partial charge in [-0.15, -0.1) is 0 Å². The molecule has 2 aromatic carbocycles. The fourth-order valence-electron chi connectivity index (χ4n) is 1.91. The number of nitrogens with zero attached hydrogens (tertiary/aromatic N) is 1. The van der Waals surface area contributed by atoms with Gasteiger partial charge in [-0.2, -0.15) is 5.26 Å². The number of benzene rings is 2. The minimum atomic E-state index is -1.01. The molecule has 5 heteroatoms. The van der Waals surface area contributed by atoms with E-state index >= 15 is 0 Å². The van der Waals surface area contributed by atoms with Gasteiger partial charge in [-0.3, -0.25) is 4.79 Å². The molecule has 1 atom stereocenters. The number of nitrogens with two attached hydrogens (primary N) is 1. The lowest BCUT2D eigenvalue weighted by atomic mass is 10.1. The normalized spacial score (nSPS) is 11.5. The van der Waals surface area contributed by atoms with E-state index in [0.29, 0.717) is 17.9 Å². The van der Waals surface area contributed by atoms with Gasteiger partial charge < -0.3 is 15.6 Å². The molecule has 2 rings (SSSR count). The topological polar surface area (TPSA) is 96.3 Å². The summed E-state index contributed by atoms with van der Waals surface area (Å²) in [5, 5.41) is 17.5. The van der Waals surface area contributed by atoms with Gasteiger partial charge in [0, 0.05) is 0 Å². The van der Waals surface area contributed by atoms with Gasteiger partial charge in [-0.05, 0) is 41.8 Å². The van der Waals surface area contributed by atoms with Crippen LogP contribution in [0.25, 0.3) is 0 Å². The Balaban J connectivity index is 1.91. The zero-order chi connectivity index (χ0) is 15.9. The molecule has 5 nitrogen and oxygen atoms in total. The van der Waals surface area contributed by atoms with Crippen molar-refractivity contribution in [3.8, 4) is 11.8 Å². The monoisotopic (exact) mass is 296 g/mol. The maximum atomic E-state index is 10.7. The van der Waals surface area contributed by atoms with E-state index in [9.17, 15) is 4.79 Å². The molecule has 0 aliphatic carbocycles. The van der Waals surface area contributed by atoms with E-state index in [-0.39, 0.29) is 6.42 Å². The zero-order valence-corrected chi connectivity index (χ0v) is 11.9. The molecule has 0 unspecified atom stereocenters. The van der Waals surface area contributed by atoms with Crippen LogP contribution in [0.5, 0.6) is 5.75 Å². The van der Waals surface area contributed by atoms with Crippen LogP contribution in [0.2, 0.25) is 0 Å². The number of carboxylic acids is 1. The Bertz CT molecular complexity index is 673. The fourth-order valence-corrected chi connectivity index (χ4v) is 1.91. The van der Waals surface area contributed by atoms with Crippen LogP contribution in [0, 0.1) is 11.3 Å². The first-order valence-electron chi connectivity index (χ1n) is 6.77. The number of aliphatic carboxylic acids is 1. The number of rotatable bonds is 6. The van der Waals surface area contributed by atoms with Crippen molar-refractivity contribution in [1.29, 1.82) is 5.26 Å². The maximum Gasteiger partial charge on any atom is 0.320 e. The second-order valence-corrected chi connectivity index (χ2v) is 4.89. The summed E-state index contributed by atoms with van der Waals surface area (Å²) in [4.78, 5) is 10.7. The van der Waals surface area contributed by atoms with Crippen molar-refractivity contribution in [3.05, 3.63) is 65.2 Å². The summed E-state index contributed by atoms with van der Waals surface area (Å²) in [7, 11) is 0. The van der Waals surface area contributed by atoms with Crippen LogP contribution in [-0.2, 0) is 17.8 Å². The minimum Gasteiger partial charge on any atom is -0.489 e.